The van der Waals surface area contributed by atoms with Crippen molar-refractivity contribution in [3.05, 3.63) is 57.2 Å². The number of thiazole rings is 1. The maximum absolute atomic E-state index is 12.6. The molecule has 0 saturated heterocycles. The Hall–Kier alpha value is -2.11. The molecule has 3 aromatic rings. The minimum absolute atomic E-state index is 0.217. The van der Waals surface area contributed by atoms with Gasteiger partial charge in [0.05, 0.1) is 16.4 Å². The zero-order valence-electron chi connectivity index (χ0n) is 12.9. The van der Waals surface area contributed by atoms with Crippen LogP contribution in [0.25, 0.3) is 10.8 Å². The van der Waals surface area contributed by atoms with E-state index >= 15 is 0 Å². The van der Waals surface area contributed by atoms with Crippen molar-refractivity contribution in [2.45, 2.75) is 20.8 Å². The van der Waals surface area contributed by atoms with Crippen molar-refractivity contribution in [3.63, 3.8) is 0 Å². The molecule has 2 heterocycles. The van der Waals surface area contributed by atoms with E-state index in [1.165, 1.54) is 11.3 Å². The van der Waals surface area contributed by atoms with Gasteiger partial charge < -0.3 is 9.73 Å². The summed E-state index contributed by atoms with van der Waals surface area (Å²) in [4.78, 5) is 17.5. The van der Waals surface area contributed by atoms with E-state index in [-0.39, 0.29) is 5.91 Å². The largest absolute Gasteiger partial charge is 0.459 e. The van der Waals surface area contributed by atoms with E-state index in [0.29, 0.717) is 32.0 Å². The van der Waals surface area contributed by atoms with Crippen LogP contribution in [0.2, 0.25) is 5.02 Å². The number of anilines is 1. The molecular formula is C17H15ClN2O2S. The lowest BCUT2D eigenvalue weighted by atomic mass is 10.2. The molecule has 118 valence electrons. The molecule has 0 aliphatic heterocycles. The van der Waals surface area contributed by atoms with Gasteiger partial charge in [0.1, 0.15) is 10.6 Å². The Morgan fingerprint density at radius 2 is 2.00 bits per heavy atom. The maximum Gasteiger partial charge on any atom is 0.267 e. The van der Waals surface area contributed by atoms with Gasteiger partial charge in [0.2, 0.25) is 0 Å². The van der Waals surface area contributed by atoms with Gasteiger partial charge in [-0.3, -0.25) is 4.79 Å². The van der Waals surface area contributed by atoms with Crippen molar-refractivity contribution in [2.75, 3.05) is 5.32 Å². The number of hydrogen-bond acceptors (Lipinski definition) is 4. The van der Waals surface area contributed by atoms with Crippen LogP contribution in [0.5, 0.6) is 0 Å². The average Bonchev–Trinajstić information content (AvgIpc) is 3.09. The van der Waals surface area contributed by atoms with Gasteiger partial charge in [-0.2, -0.15) is 0 Å². The van der Waals surface area contributed by atoms with E-state index in [9.17, 15) is 4.79 Å². The smallest absolute Gasteiger partial charge is 0.267 e. The summed E-state index contributed by atoms with van der Waals surface area (Å²) in [6, 6.07) is 9.23. The van der Waals surface area contributed by atoms with Crippen LogP contribution in [0.4, 0.5) is 5.69 Å². The number of hydrogen-bond donors (Lipinski definition) is 1. The van der Waals surface area contributed by atoms with Crippen molar-refractivity contribution in [1.29, 1.82) is 0 Å². The molecule has 2 aromatic heterocycles. The highest BCUT2D eigenvalue weighted by Gasteiger charge is 2.19. The third-order valence-electron chi connectivity index (χ3n) is 3.41. The van der Waals surface area contributed by atoms with Gasteiger partial charge in [-0.15, -0.1) is 11.3 Å². The van der Waals surface area contributed by atoms with Crippen LogP contribution in [0.15, 0.2) is 34.7 Å². The summed E-state index contributed by atoms with van der Waals surface area (Å²) in [6.45, 7) is 5.58. The van der Waals surface area contributed by atoms with Gasteiger partial charge in [-0.1, -0.05) is 23.7 Å². The molecule has 3 rings (SSSR count). The van der Waals surface area contributed by atoms with E-state index in [2.05, 4.69) is 10.3 Å². The number of carbonyl (C=O) groups is 1. The van der Waals surface area contributed by atoms with Crippen LogP contribution in [0.3, 0.4) is 0 Å². The molecule has 4 nitrogen and oxygen atoms in total. The van der Waals surface area contributed by atoms with E-state index in [1.807, 2.05) is 45.0 Å². The van der Waals surface area contributed by atoms with Gasteiger partial charge in [0, 0.05) is 0 Å². The summed E-state index contributed by atoms with van der Waals surface area (Å²) in [6.07, 6.45) is 0. The number of para-hydroxylation sites is 1. The third kappa shape index (κ3) is 3.16. The molecule has 0 atom stereocenters. The topological polar surface area (TPSA) is 55.1 Å². The molecule has 0 saturated carbocycles. The second-order valence-corrected chi connectivity index (χ2v) is 6.64. The molecule has 0 bridgehead atoms. The number of halogens is 1. The maximum atomic E-state index is 12.6. The summed E-state index contributed by atoms with van der Waals surface area (Å²) < 4.78 is 5.57. The predicted molar refractivity (Wildman–Crippen MR) is 93.4 cm³/mol. The van der Waals surface area contributed by atoms with Crippen LogP contribution in [-0.2, 0) is 0 Å². The monoisotopic (exact) mass is 346 g/mol. The van der Waals surface area contributed by atoms with Crippen molar-refractivity contribution in [3.8, 4) is 10.8 Å². The van der Waals surface area contributed by atoms with E-state index < -0.39 is 0 Å². The minimum atomic E-state index is -0.217. The fraction of sp³-hybridized carbons (Fsp3) is 0.176. The first kappa shape index (κ1) is 15.8. The zero-order chi connectivity index (χ0) is 16.6. The first-order valence-corrected chi connectivity index (χ1v) is 8.26. The lowest BCUT2D eigenvalue weighted by molar-refractivity contribution is 0.102. The summed E-state index contributed by atoms with van der Waals surface area (Å²) in [7, 11) is 0. The quantitative estimate of drug-likeness (QED) is 0.706. The fourth-order valence-electron chi connectivity index (χ4n) is 2.22. The third-order valence-corrected chi connectivity index (χ3v) is 4.90. The van der Waals surface area contributed by atoms with Gasteiger partial charge in [0.25, 0.3) is 5.91 Å². The summed E-state index contributed by atoms with van der Waals surface area (Å²) >= 11 is 7.47. The molecule has 1 amide bonds. The Bertz CT molecular complexity index is 862. The van der Waals surface area contributed by atoms with Gasteiger partial charge >= 0.3 is 0 Å². The summed E-state index contributed by atoms with van der Waals surface area (Å²) in [5.74, 6) is 1.26. The normalized spacial score (nSPS) is 10.8. The zero-order valence-corrected chi connectivity index (χ0v) is 14.5. The highest BCUT2D eigenvalue weighted by molar-refractivity contribution is 7.17. The SMILES string of the molecule is Cc1ccc(-c2nc(C)c(C(=O)Nc3c(C)cccc3Cl)s2)o1. The molecule has 23 heavy (non-hydrogen) atoms. The number of rotatable bonds is 3. The van der Waals surface area contributed by atoms with Gasteiger partial charge in [-0.25, -0.2) is 4.98 Å². The Labute approximate surface area is 143 Å². The predicted octanol–water partition coefficient (Wildman–Crippen LogP) is 5.23. The van der Waals surface area contributed by atoms with Crippen molar-refractivity contribution < 1.29 is 9.21 Å². The number of nitrogens with zero attached hydrogens (tertiary/aromatic N) is 1. The summed E-state index contributed by atoms with van der Waals surface area (Å²) in [5.41, 5.74) is 2.21. The molecule has 6 heteroatoms. The van der Waals surface area contributed by atoms with Crippen molar-refractivity contribution in [2.24, 2.45) is 0 Å². The molecule has 0 spiro atoms. The molecular weight excluding hydrogens is 332 g/mol. The van der Waals surface area contributed by atoms with Crippen LogP contribution in [0.1, 0.15) is 26.7 Å². The average molecular weight is 347 g/mol. The second-order valence-electron chi connectivity index (χ2n) is 5.23. The highest BCUT2D eigenvalue weighted by Crippen LogP contribution is 2.31. The van der Waals surface area contributed by atoms with Crippen LogP contribution < -0.4 is 5.32 Å². The standard InChI is InChI=1S/C17H15ClN2O2S/c1-9-5-4-6-12(18)14(9)20-16(21)15-11(3)19-17(23-15)13-8-7-10(2)22-13/h4-8H,1-3H3,(H,20,21). The van der Waals surface area contributed by atoms with Gasteiger partial charge in [0.15, 0.2) is 10.8 Å². The number of amides is 1. The molecule has 0 aliphatic rings. The Morgan fingerprint density at radius 3 is 2.65 bits per heavy atom. The fourth-order valence-corrected chi connectivity index (χ4v) is 3.41. The van der Waals surface area contributed by atoms with E-state index in [4.69, 9.17) is 16.0 Å². The number of furan rings is 1. The molecule has 0 fully saturated rings. The molecule has 0 aliphatic carbocycles. The van der Waals surface area contributed by atoms with Crippen molar-refractivity contribution >= 4 is 34.5 Å². The minimum Gasteiger partial charge on any atom is -0.459 e. The van der Waals surface area contributed by atoms with E-state index in [1.54, 1.807) is 6.07 Å². The lowest BCUT2D eigenvalue weighted by Crippen LogP contribution is -2.12. The number of aromatic nitrogens is 1. The highest BCUT2D eigenvalue weighted by atomic mass is 35.5. The Balaban J connectivity index is 1.90. The number of nitrogens with one attached hydrogen (secondary N) is 1. The van der Waals surface area contributed by atoms with Crippen LogP contribution >= 0.6 is 22.9 Å². The van der Waals surface area contributed by atoms with E-state index in [0.717, 1.165) is 11.3 Å². The lowest BCUT2D eigenvalue weighted by Gasteiger charge is -2.09. The first-order chi connectivity index (χ1) is 11.0. The summed E-state index contributed by atoms with van der Waals surface area (Å²) in [5, 5.41) is 4.08. The second kappa shape index (κ2) is 6.18. The number of benzene rings is 1. The molecule has 1 aromatic carbocycles. The molecule has 0 unspecified atom stereocenters. The van der Waals surface area contributed by atoms with Crippen LogP contribution in [-0.4, -0.2) is 10.9 Å². The molecule has 1 N–H and O–H groups in total. The Morgan fingerprint density at radius 1 is 1.22 bits per heavy atom. The van der Waals surface area contributed by atoms with Gasteiger partial charge in [-0.05, 0) is 44.5 Å². The number of aryl methyl sites for hydroxylation is 3. The van der Waals surface area contributed by atoms with Crippen LogP contribution in [0, 0.1) is 20.8 Å². The molecule has 0 radical (unpaired) electrons. The van der Waals surface area contributed by atoms with Crippen molar-refractivity contribution in [1.82, 2.24) is 4.98 Å². The number of carbonyl (C=O) groups excluding carboxylic acids is 1. The Kier molecular flexibility index (Phi) is 4.24. The first-order valence-electron chi connectivity index (χ1n) is 7.06.